The van der Waals surface area contributed by atoms with Crippen LogP contribution in [-0.4, -0.2) is 62.9 Å². The summed E-state index contributed by atoms with van der Waals surface area (Å²) in [5.74, 6) is -0.00902. The molecule has 1 N–H and O–H groups in total. The van der Waals surface area contributed by atoms with Crippen LogP contribution in [0.4, 0.5) is 5.69 Å². The standard InChI is InChI=1S/C23H26N2O5S/c1-24(31(2,28)29)18-9-7-17(8-10-18)20-15-23(30-21-6-4-3-5-19(20)21)11-13-25(14-12-23)16-22(26)27/h3-10,15H,11-14,16H2,1-2H3,(H,26,27). The van der Waals surface area contributed by atoms with Gasteiger partial charge in [0.25, 0.3) is 0 Å². The molecule has 0 bridgehead atoms. The van der Waals surface area contributed by atoms with Crippen LogP contribution in [0.2, 0.25) is 0 Å². The van der Waals surface area contributed by atoms with Crippen molar-refractivity contribution in [3.63, 3.8) is 0 Å². The molecule has 0 aliphatic carbocycles. The lowest BCUT2D eigenvalue weighted by Crippen LogP contribution is -2.49. The van der Waals surface area contributed by atoms with Gasteiger partial charge in [0.15, 0.2) is 0 Å². The molecular weight excluding hydrogens is 416 g/mol. The van der Waals surface area contributed by atoms with E-state index in [1.807, 2.05) is 41.3 Å². The van der Waals surface area contributed by atoms with Gasteiger partial charge in [-0.3, -0.25) is 14.0 Å². The number of carbonyl (C=O) groups is 1. The molecule has 0 radical (unpaired) electrons. The Morgan fingerprint density at radius 2 is 1.77 bits per heavy atom. The summed E-state index contributed by atoms with van der Waals surface area (Å²) in [7, 11) is -1.79. The Bertz CT molecular complexity index is 1120. The van der Waals surface area contributed by atoms with Crippen molar-refractivity contribution in [2.45, 2.75) is 18.4 Å². The molecule has 0 unspecified atom stereocenters. The second kappa shape index (κ2) is 8.01. The zero-order chi connectivity index (χ0) is 22.2. The number of aliphatic carboxylic acids is 1. The molecule has 1 fully saturated rings. The first-order valence-electron chi connectivity index (χ1n) is 10.2. The number of carboxylic acids is 1. The fourth-order valence-corrected chi connectivity index (χ4v) is 4.68. The summed E-state index contributed by atoms with van der Waals surface area (Å²) in [6.45, 7) is 1.34. The minimum absolute atomic E-state index is 0.0402. The molecule has 0 amide bonds. The van der Waals surface area contributed by atoms with Crippen molar-refractivity contribution in [1.29, 1.82) is 0 Å². The predicted molar refractivity (Wildman–Crippen MR) is 120 cm³/mol. The Morgan fingerprint density at radius 1 is 1.13 bits per heavy atom. The molecule has 2 aliphatic rings. The molecule has 4 rings (SSSR count). The predicted octanol–water partition coefficient (Wildman–Crippen LogP) is 2.83. The van der Waals surface area contributed by atoms with Gasteiger partial charge in [0.1, 0.15) is 11.4 Å². The van der Waals surface area contributed by atoms with Crippen molar-refractivity contribution in [2.75, 3.05) is 37.2 Å². The van der Waals surface area contributed by atoms with Crippen LogP contribution in [0.3, 0.4) is 0 Å². The maximum atomic E-state index is 11.8. The van der Waals surface area contributed by atoms with E-state index in [0.29, 0.717) is 31.6 Å². The van der Waals surface area contributed by atoms with Gasteiger partial charge < -0.3 is 9.84 Å². The maximum Gasteiger partial charge on any atom is 0.317 e. The number of carboxylic acid groups (broad SMARTS) is 1. The van der Waals surface area contributed by atoms with Crippen LogP contribution in [0.15, 0.2) is 54.6 Å². The fraction of sp³-hybridized carbons (Fsp3) is 0.348. The first-order valence-corrected chi connectivity index (χ1v) is 12.0. The Balaban J connectivity index is 1.67. The van der Waals surface area contributed by atoms with Gasteiger partial charge in [0, 0.05) is 38.5 Å². The van der Waals surface area contributed by atoms with E-state index in [1.165, 1.54) is 17.6 Å². The van der Waals surface area contributed by atoms with Crippen LogP contribution in [0.5, 0.6) is 5.75 Å². The number of benzene rings is 2. The van der Waals surface area contributed by atoms with Crippen LogP contribution in [0, 0.1) is 0 Å². The highest BCUT2D eigenvalue weighted by Gasteiger charge is 2.39. The Morgan fingerprint density at radius 3 is 2.39 bits per heavy atom. The van der Waals surface area contributed by atoms with Gasteiger partial charge in [-0.25, -0.2) is 8.42 Å². The van der Waals surface area contributed by atoms with Crippen LogP contribution >= 0.6 is 0 Å². The molecule has 0 saturated carbocycles. The molecule has 0 atom stereocenters. The van der Waals surface area contributed by atoms with Gasteiger partial charge in [-0.15, -0.1) is 0 Å². The van der Waals surface area contributed by atoms with Crippen molar-refractivity contribution in [1.82, 2.24) is 4.90 Å². The number of ether oxygens (including phenoxy) is 1. The number of anilines is 1. The van der Waals surface area contributed by atoms with Crippen molar-refractivity contribution in [3.8, 4) is 5.75 Å². The number of hydrogen-bond donors (Lipinski definition) is 1. The van der Waals surface area contributed by atoms with E-state index >= 15 is 0 Å². The van der Waals surface area contributed by atoms with E-state index in [1.54, 1.807) is 12.1 Å². The number of nitrogens with zero attached hydrogens (tertiary/aromatic N) is 2. The Hall–Kier alpha value is -2.84. The van der Waals surface area contributed by atoms with Crippen molar-refractivity contribution < 1.29 is 23.1 Å². The smallest absolute Gasteiger partial charge is 0.317 e. The maximum absolute atomic E-state index is 11.8. The molecule has 31 heavy (non-hydrogen) atoms. The summed E-state index contributed by atoms with van der Waals surface area (Å²) in [6.07, 6.45) is 4.74. The summed E-state index contributed by atoms with van der Waals surface area (Å²) in [4.78, 5) is 13.0. The Labute approximate surface area is 182 Å². The van der Waals surface area contributed by atoms with E-state index < -0.39 is 21.6 Å². The summed E-state index contributed by atoms with van der Waals surface area (Å²) in [6, 6.07) is 15.4. The summed E-state index contributed by atoms with van der Waals surface area (Å²) in [5, 5.41) is 9.07. The number of rotatable bonds is 5. The highest BCUT2D eigenvalue weighted by molar-refractivity contribution is 7.92. The highest BCUT2D eigenvalue weighted by atomic mass is 32.2. The summed E-state index contributed by atoms with van der Waals surface area (Å²) < 4.78 is 31.4. The summed E-state index contributed by atoms with van der Waals surface area (Å²) in [5.41, 5.74) is 3.13. The van der Waals surface area contributed by atoms with E-state index in [2.05, 4.69) is 6.08 Å². The fourth-order valence-electron chi connectivity index (χ4n) is 4.18. The number of likely N-dealkylation sites (tertiary alicyclic amines) is 1. The summed E-state index contributed by atoms with van der Waals surface area (Å²) >= 11 is 0. The lowest BCUT2D eigenvalue weighted by atomic mass is 9.83. The average molecular weight is 443 g/mol. The molecule has 0 aromatic heterocycles. The third-order valence-corrected chi connectivity index (χ3v) is 7.20. The first kappa shape index (κ1) is 21.4. The van der Waals surface area contributed by atoms with Crippen LogP contribution in [0.1, 0.15) is 24.0 Å². The molecule has 164 valence electrons. The van der Waals surface area contributed by atoms with Crippen molar-refractivity contribution in [3.05, 3.63) is 65.7 Å². The van der Waals surface area contributed by atoms with Crippen molar-refractivity contribution in [2.24, 2.45) is 0 Å². The van der Waals surface area contributed by atoms with Gasteiger partial charge in [0.2, 0.25) is 10.0 Å². The molecule has 1 spiro atoms. The number of piperidine rings is 1. The van der Waals surface area contributed by atoms with Crippen LogP contribution < -0.4 is 9.04 Å². The van der Waals surface area contributed by atoms with Crippen LogP contribution in [-0.2, 0) is 14.8 Å². The van der Waals surface area contributed by atoms with E-state index in [-0.39, 0.29) is 6.54 Å². The molecule has 2 aromatic rings. The number of para-hydroxylation sites is 1. The van der Waals surface area contributed by atoms with Gasteiger partial charge in [-0.2, -0.15) is 0 Å². The quantitative estimate of drug-likeness (QED) is 0.766. The topological polar surface area (TPSA) is 87.2 Å². The molecule has 1 saturated heterocycles. The zero-order valence-corrected chi connectivity index (χ0v) is 18.4. The molecule has 7 nitrogen and oxygen atoms in total. The number of sulfonamides is 1. The lowest BCUT2D eigenvalue weighted by molar-refractivity contribution is -0.139. The lowest BCUT2D eigenvalue weighted by Gasteiger charge is -2.42. The van der Waals surface area contributed by atoms with Gasteiger partial charge in [0.05, 0.1) is 18.5 Å². The normalized spacial score (nSPS) is 18.1. The Kier molecular flexibility index (Phi) is 5.53. The monoisotopic (exact) mass is 442 g/mol. The number of hydrogen-bond acceptors (Lipinski definition) is 5. The van der Waals surface area contributed by atoms with Crippen molar-refractivity contribution >= 4 is 27.3 Å². The van der Waals surface area contributed by atoms with E-state index in [9.17, 15) is 13.2 Å². The van der Waals surface area contributed by atoms with E-state index in [4.69, 9.17) is 9.84 Å². The van der Waals surface area contributed by atoms with Gasteiger partial charge in [-0.05, 0) is 35.4 Å². The van der Waals surface area contributed by atoms with Gasteiger partial charge in [-0.1, -0.05) is 30.3 Å². The third-order valence-electron chi connectivity index (χ3n) is 6.00. The first-order chi connectivity index (χ1) is 14.7. The van der Waals surface area contributed by atoms with Gasteiger partial charge >= 0.3 is 5.97 Å². The number of fused-ring (bicyclic) bond motifs is 1. The minimum Gasteiger partial charge on any atom is -0.482 e. The molecular formula is C23H26N2O5S. The molecule has 2 aliphatic heterocycles. The average Bonchev–Trinajstić information content (AvgIpc) is 2.74. The zero-order valence-electron chi connectivity index (χ0n) is 17.6. The largest absolute Gasteiger partial charge is 0.482 e. The SMILES string of the molecule is CN(c1ccc(C2=CC3(CCN(CC(=O)O)CC3)Oc3ccccc32)cc1)S(C)(=O)=O. The highest BCUT2D eigenvalue weighted by Crippen LogP contribution is 2.43. The second-order valence-corrected chi connectivity index (χ2v) is 10.2. The van der Waals surface area contributed by atoms with Crippen LogP contribution in [0.25, 0.3) is 5.57 Å². The van der Waals surface area contributed by atoms with E-state index in [0.717, 1.165) is 22.4 Å². The molecule has 2 aromatic carbocycles. The second-order valence-electron chi connectivity index (χ2n) is 8.17. The third kappa shape index (κ3) is 4.45. The molecule has 2 heterocycles. The minimum atomic E-state index is -3.33. The molecule has 8 heteroatoms.